The molecule has 0 heterocycles. The zero-order chi connectivity index (χ0) is 11.0. The summed E-state index contributed by atoms with van der Waals surface area (Å²) >= 11 is 0. The van der Waals surface area contributed by atoms with Crippen LogP contribution in [0.1, 0.15) is 13.3 Å². The highest BCUT2D eigenvalue weighted by Crippen LogP contribution is 1.93. The highest BCUT2D eigenvalue weighted by Gasteiger charge is 2.17. The van der Waals surface area contributed by atoms with Gasteiger partial charge in [-0.2, -0.15) is 0 Å². The Kier molecular flexibility index (Phi) is 6.69. The van der Waals surface area contributed by atoms with E-state index in [1.54, 1.807) is 0 Å². The molecule has 14 heavy (non-hydrogen) atoms. The molecule has 0 spiro atoms. The first-order valence-corrected chi connectivity index (χ1v) is 4.26. The van der Waals surface area contributed by atoms with Crippen molar-refractivity contribution in [3.8, 4) is 0 Å². The number of aliphatic carboxylic acids is 1. The third-order valence-corrected chi connectivity index (χ3v) is 1.46. The van der Waals surface area contributed by atoms with Gasteiger partial charge in [-0.25, -0.2) is 4.79 Å². The van der Waals surface area contributed by atoms with Crippen LogP contribution in [-0.2, 0) is 14.3 Å². The molecule has 0 aliphatic heterocycles. The summed E-state index contributed by atoms with van der Waals surface area (Å²) in [6.45, 7) is 1.52. The van der Waals surface area contributed by atoms with Crippen LogP contribution in [0.4, 0.5) is 0 Å². The van der Waals surface area contributed by atoms with Gasteiger partial charge in [0.05, 0.1) is 13.2 Å². The number of carboxylic acids is 1. The first-order valence-electron chi connectivity index (χ1n) is 4.26. The summed E-state index contributed by atoms with van der Waals surface area (Å²) in [5.41, 5.74) is 0. The molecule has 0 aromatic carbocycles. The number of ether oxygens (including phenoxy) is 1. The van der Waals surface area contributed by atoms with E-state index in [1.807, 2.05) is 0 Å². The predicted molar refractivity (Wildman–Crippen MR) is 47.8 cm³/mol. The third-order valence-electron chi connectivity index (χ3n) is 1.46. The number of carbonyl (C=O) groups is 2. The molecule has 0 fully saturated rings. The normalized spacial score (nSPS) is 12.1. The lowest BCUT2D eigenvalue weighted by Gasteiger charge is -2.12. The summed E-state index contributed by atoms with van der Waals surface area (Å²) in [5, 5.41) is 19.3. The zero-order valence-corrected chi connectivity index (χ0v) is 8.02. The van der Waals surface area contributed by atoms with Crippen LogP contribution < -0.4 is 5.32 Å². The van der Waals surface area contributed by atoms with E-state index in [0.29, 0.717) is 0 Å². The van der Waals surface area contributed by atoms with Crippen molar-refractivity contribution in [3.05, 3.63) is 0 Å². The van der Waals surface area contributed by atoms with Gasteiger partial charge in [0.15, 0.2) is 0 Å². The topological polar surface area (TPSA) is 95.9 Å². The fraction of sp³-hybridized carbons (Fsp3) is 0.750. The molecule has 0 aliphatic carbocycles. The summed E-state index contributed by atoms with van der Waals surface area (Å²) in [5.74, 6) is -1.48. The lowest BCUT2D eigenvalue weighted by Crippen LogP contribution is -2.40. The number of rotatable bonds is 7. The van der Waals surface area contributed by atoms with E-state index in [4.69, 9.17) is 14.9 Å². The fourth-order valence-electron chi connectivity index (χ4n) is 0.871. The molecule has 0 aromatic heterocycles. The number of hydrogen-bond acceptors (Lipinski definition) is 4. The second kappa shape index (κ2) is 7.28. The number of hydrogen-bond donors (Lipinski definition) is 3. The minimum atomic E-state index is -1.09. The van der Waals surface area contributed by atoms with E-state index in [-0.39, 0.29) is 32.1 Å². The standard InChI is InChI=1S/C8H15NO5/c1-6(11)9-7(8(12)13)2-4-14-5-3-10/h7,10H,2-5H2,1H3,(H,9,11)(H,12,13). The quantitative estimate of drug-likeness (QED) is 0.462. The minimum Gasteiger partial charge on any atom is -0.480 e. The Hall–Kier alpha value is -1.14. The third kappa shape index (κ3) is 6.38. The molecule has 1 atom stereocenters. The van der Waals surface area contributed by atoms with Crippen molar-refractivity contribution >= 4 is 11.9 Å². The van der Waals surface area contributed by atoms with Gasteiger partial charge in [-0.3, -0.25) is 4.79 Å². The van der Waals surface area contributed by atoms with Crippen molar-refractivity contribution in [2.24, 2.45) is 0 Å². The number of carboxylic acid groups (broad SMARTS) is 1. The molecule has 0 saturated heterocycles. The Balaban J connectivity index is 3.74. The van der Waals surface area contributed by atoms with Crippen molar-refractivity contribution < 1.29 is 24.5 Å². The Labute approximate surface area is 81.9 Å². The maximum Gasteiger partial charge on any atom is 0.326 e. The van der Waals surface area contributed by atoms with Gasteiger partial charge in [-0.05, 0) is 0 Å². The van der Waals surface area contributed by atoms with E-state index in [0.717, 1.165) is 0 Å². The SMILES string of the molecule is CC(=O)NC(CCOCCO)C(=O)O. The second-order valence-corrected chi connectivity index (χ2v) is 2.72. The fourth-order valence-corrected chi connectivity index (χ4v) is 0.871. The number of nitrogens with one attached hydrogen (secondary N) is 1. The summed E-state index contributed by atoms with van der Waals surface area (Å²) in [4.78, 5) is 21.2. The van der Waals surface area contributed by atoms with E-state index < -0.39 is 12.0 Å². The number of aliphatic hydroxyl groups is 1. The van der Waals surface area contributed by atoms with Crippen LogP contribution in [0.5, 0.6) is 0 Å². The van der Waals surface area contributed by atoms with Crippen LogP contribution in [0.25, 0.3) is 0 Å². The highest BCUT2D eigenvalue weighted by molar-refractivity contribution is 5.81. The number of carbonyl (C=O) groups excluding carboxylic acids is 1. The van der Waals surface area contributed by atoms with E-state index in [2.05, 4.69) is 5.32 Å². The maximum atomic E-state index is 10.6. The summed E-state index contributed by atoms with van der Waals surface area (Å²) in [6, 6.07) is -0.925. The smallest absolute Gasteiger partial charge is 0.326 e. The first kappa shape index (κ1) is 12.9. The molecule has 0 aromatic rings. The molecule has 0 saturated carbocycles. The summed E-state index contributed by atoms with van der Waals surface area (Å²) < 4.78 is 4.88. The van der Waals surface area contributed by atoms with E-state index >= 15 is 0 Å². The van der Waals surface area contributed by atoms with E-state index in [9.17, 15) is 9.59 Å². The lowest BCUT2D eigenvalue weighted by molar-refractivity contribution is -0.142. The average molecular weight is 205 g/mol. The molecule has 0 aliphatic rings. The van der Waals surface area contributed by atoms with Crippen LogP contribution >= 0.6 is 0 Å². The van der Waals surface area contributed by atoms with Gasteiger partial charge in [0, 0.05) is 20.0 Å². The zero-order valence-electron chi connectivity index (χ0n) is 8.02. The van der Waals surface area contributed by atoms with Gasteiger partial charge in [0.1, 0.15) is 6.04 Å². The van der Waals surface area contributed by atoms with Gasteiger partial charge in [-0.1, -0.05) is 0 Å². The van der Waals surface area contributed by atoms with Crippen molar-refractivity contribution in [2.45, 2.75) is 19.4 Å². The molecule has 0 bridgehead atoms. The Morgan fingerprint density at radius 1 is 1.43 bits per heavy atom. The Morgan fingerprint density at radius 2 is 2.07 bits per heavy atom. The van der Waals surface area contributed by atoms with E-state index in [1.165, 1.54) is 6.92 Å². The van der Waals surface area contributed by atoms with Gasteiger partial charge in [-0.15, -0.1) is 0 Å². The van der Waals surface area contributed by atoms with Crippen LogP contribution in [0.15, 0.2) is 0 Å². The number of aliphatic hydroxyl groups excluding tert-OH is 1. The first-order chi connectivity index (χ1) is 6.57. The molecule has 6 nitrogen and oxygen atoms in total. The van der Waals surface area contributed by atoms with Gasteiger partial charge >= 0.3 is 5.97 Å². The molecule has 6 heteroatoms. The van der Waals surface area contributed by atoms with Crippen LogP contribution in [0, 0.1) is 0 Å². The molecule has 0 radical (unpaired) electrons. The number of amides is 1. The largest absolute Gasteiger partial charge is 0.480 e. The van der Waals surface area contributed by atoms with Crippen LogP contribution in [0.3, 0.4) is 0 Å². The molecule has 82 valence electrons. The lowest BCUT2D eigenvalue weighted by atomic mass is 10.2. The van der Waals surface area contributed by atoms with Crippen molar-refractivity contribution in [1.82, 2.24) is 5.32 Å². The van der Waals surface area contributed by atoms with Crippen LogP contribution in [0.2, 0.25) is 0 Å². The average Bonchev–Trinajstić information content (AvgIpc) is 2.09. The Bertz CT molecular complexity index is 194. The molecule has 3 N–H and O–H groups in total. The molecule has 1 amide bonds. The molecule has 1 unspecified atom stereocenters. The maximum absolute atomic E-state index is 10.6. The Morgan fingerprint density at radius 3 is 2.50 bits per heavy atom. The monoisotopic (exact) mass is 205 g/mol. The van der Waals surface area contributed by atoms with Gasteiger partial charge < -0.3 is 20.3 Å². The molecule has 0 rings (SSSR count). The van der Waals surface area contributed by atoms with Crippen molar-refractivity contribution in [3.63, 3.8) is 0 Å². The minimum absolute atomic E-state index is 0.0993. The van der Waals surface area contributed by atoms with Gasteiger partial charge in [0.25, 0.3) is 0 Å². The highest BCUT2D eigenvalue weighted by atomic mass is 16.5. The predicted octanol–water partition coefficient (Wildman–Crippen LogP) is -1.03. The second-order valence-electron chi connectivity index (χ2n) is 2.72. The van der Waals surface area contributed by atoms with Crippen molar-refractivity contribution in [2.75, 3.05) is 19.8 Å². The molecular formula is C8H15NO5. The van der Waals surface area contributed by atoms with Gasteiger partial charge in [0.2, 0.25) is 5.91 Å². The summed E-state index contributed by atoms with van der Waals surface area (Å²) in [6.07, 6.45) is 0.189. The van der Waals surface area contributed by atoms with Crippen LogP contribution in [-0.4, -0.2) is 48.0 Å². The van der Waals surface area contributed by atoms with Crippen molar-refractivity contribution in [1.29, 1.82) is 0 Å². The summed E-state index contributed by atoms with van der Waals surface area (Å²) in [7, 11) is 0. The molecular weight excluding hydrogens is 190 g/mol.